The van der Waals surface area contributed by atoms with Gasteiger partial charge in [0.2, 0.25) is 10.0 Å². The maximum atomic E-state index is 12.2. The summed E-state index contributed by atoms with van der Waals surface area (Å²) < 4.78 is 27.6. The van der Waals surface area contributed by atoms with Gasteiger partial charge in [0.15, 0.2) is 0 Å². The molecule has 6 heteroatoms. The van der Waals surface area contributed by atoms with Crippen molar-refractivity contribution in [3.63, 3.8) is 0 Å². The first-order chi connectivity index (χ1) is 8.50. The van der Waals surface area contributed by atoms with E-state index in [0.717, 1.165) is 18.5 Å². The fourth-order valence-electron chi connectivity index (χ4n) is 1.89. The molecule has 0 aromatic carbocycles. The average Bonchev–Trinajstić information content (AvgIpc) is 3.08. The first-order valence-electron chi connectivity index (χ1n) is 5.81. The molecule has 0 unspecified atom stereocenters. The van der Waals surface area contributed by atoms with E-state index in [0.29, 0.717) is 12.6 Å². The Morgan fingerprint density at radius 2 is 2.28 bits per heavy atom. The summed E-state index contributed by atoms with van der Waals surface area (Å²) in [6.45, 7) is 0.403. The SMILES string of the molecule is C#CCN(C)S(=O)(=O)c1cc(CN)n(C2CC2)c1. The topological polar surface area (TPSA) is 68.3 Å². The van der Waals surface area contributed by atoms with Gasteiger partial charge in [-0.05, 0) is 18.9 Å². The van der Waals surface area contributed by atoms with Crippen molar-refractivity contribution >= 4 is 10.0 Å². The molecule has 0 aliphatic heterocycles. The van der Waals surface area contributed by atoms with Crippen LogP contribution in [0.2, 0.25) is 0 Å². The van der Waals surface area contributed by atoms with Crippen molar-refractivity contribution in [1.29, 1.82) is 0 Å². The number of terminal acetylenes is 1. The molecule has 0 atom stereocenters. The van der Waals surface area contributed by atoms with Gasteiger partial charge in [0.25, 0.3) is 0 Å². The van der Waals surface area contributed by atoms with Crippen LogP contribution in [0.25, 0.3) is 0 Å². The Labute approximate surface area is 108 Å². The maximum Gasteiger partial charge on any atom is 0.245 e. The second kappa shape index (κ2) is 4.76. The Morgan fingerprint density at radius 1 is 1.61 bits per heavy atom. The minimum Gasteiger partial charge on any atom is -0.346 e. The highest BCUT2D eigenvalue weighted by molar-refractivity contribution is 7.89. The third-order valence-corrected chi connectivity index (χ3v) is 4.85. The van der Waals surface area contributed by atoms with Gasteiger partial charge >= 0.3 is 0 Å². The molecule has 98 valence electrons. The molecule has 2 rings (SSSR count). The second-order valence-electron chi connectivity index (χ2n) is 4.47. The van der Waals surface area contributed by atoms with Crippen LogP contribution in [-0.4, -0.2) is 30.9 Å². The van der Waals surface area contributed by atoms with Crippen molar-refractivity contribution < 1.29 is 8.42 Å². The monoisotopic (exact) mass is 267 g/mol. The normalized spacial score (nSPS) is 15.9. The van der Waals surface area contributed by atoms with Gasteiger partial charge in [-0.3, -0.25) is 0 Å². The lowest BCUT2D eigenvalue weighted by Crippen LogP contribution is -2.26. The van der Waals surface area contributed by atoms with E-state index in [1.54, 1.807) is 12.3 Å². The van der Waals surface area contributed by atoms with Gasteiger partial charge in [-0.1, -0.05) is 5.92 Å². The van der Waals surface area contributed by atoms with Gasteiger partial charge in [0.05, 0.1) is 6.54 Å². The molecule has 1 heterocycles. The zero-order valence-electron chi connectivity index (χ0n) is 10.3. The van der Waals surface area contributed by atoms with Crippen LogP contribution in [0.1, 0.15) is 24.6 Å². The fourth-order valence-corrected chi connectivity index (χ4v) is 3.02. The van der Waals surface area contributed by atoms with Gasteiger partial charge in [-0.2, -0.15) is 4.31 Å². The first-order valence-corrected chi connectivity index (χ1v) is 7.25. The van der Waals surface area contributed by atoms with Crippen molar-refractivity contribution in [2.75, 3.05) is 13.6 Å². The predicted octanol–water partition coefficient (Wildman–Crippen LogP) is 0.535. The van der Waals surface area contributed by atoms with Gasteiger partial charge in [0, 0.05) is 31.5 Å². The number of sulfonamides is 1. The van der Waals surface area contributed by atoms with E-state index in [-0.39, 0.29) is 11.4 Å². The van der Waals surface area contributed by atoms with Gasteiger partial charge < -0.3 is 10.3 Å². The van der Waals surface area contributed by atoms with Crippen LogP contribution in [-0.2, 0) is 16.6 Å². The largest absolute Gasteiger partial charge is 0.346 e. The molecule has 1 aromatic rings. The zero-order valence-corrected chi connectivity index (χ0v) is 11.2. The standard InChI is InChI=1S/C12H17N3O2S/c1-3-6-14(2)18(16,17)12-7-11(8-13)15(9-12)10-4-5-10/h1,7,9-10H,4-6,8,13H2,2H3. The lowest BCUT2D eigenvalue weighted by Gasteiger charge is -2.12. The highest BCUT2D eigenvalue weighted by Gasteiger charge is 2.29. The van der Waals surface area contributed by atoms with Crippen LogP contribution in [0.15, 0.2) is 17.2 Å². The Morgan fingerprint density at radius 3 is 2.78 bits per heavy atom. The number of aromatic nitrogens is 1. The smallest absolute Gasteiger partial charge is 0.245 e. The lowest BCUT2D eigenvalue weighted by atomic mass is 10.4. The summed E-state index contributed by atoms with van der Waals surface area (Å²) >= 11 is 0. The molecular weight excluding hydrogens is 250 g/mol. The van der Waals surface area contributed by atoms with E-state index in [9.17, 15) is 8.42 Å². The highest BCUT2D eigenvalue weighted by atomic mass is 32.2. The minimum atomic E-state index is -3.50. The second-order valence-corrected chi connectivity index (χ2v) is 6.52. The Bertz CT molecular complexity index is 579. The van der Waals surface area contributed by atoms with Crippen molar-refractivity contribution in [2.45, 2.75) is 30.3 Å². The Hall–Kier alpha value is -1.29. The Kier molecular flexibility index (Phi) is 3.48. The van der Waals surface area contributed by atoms with Crippen LogP contribution in [0, 0.1) is 12.3 Å². The number of nitrogens with zero attached hydrogens (tertiary/aromatic N) is 2. The molecule has 2 N–H and O–H groups in total. The molecule has 1 aliphatic rings. The first kappa shape index (κ1) is 13.1. The van der Waals surface area contributed by atoms with Crippen LogP contribution in [0.5, 0.6) is 0 Å². The van der Waals surface area contributed by atoms with Gasteiger partial charge in [0.1, 0.15) is 4.90 Å². The van der Waals surface area contributed by atoms with E-state index < -0.39 is 10.0 Å². The molecule has 0 amide bonds. The minimum absolute atomic E-state index is 0.0644. The zero-order chi connectivity index (χ0) is 13.3. The average molecular weight is 267 g/mol. The van der Waals surface area contributed by atoms with Crippen molar-refractivity contribution in [3.8, 4) is 12.3 Å². The molecule has 1 aromatic heterocycles. The number of hydrogen-bond donors (Lipinski definition) is 1. The summed E-state index contributed by atoms with van der Waals surface area (Å²) in [7, 11) is -2.03. The van der Waals surface area contributed by atoms with Crippen molar-refractivity contribution in [2.24, 2.45) is 5.73 Å². The van der Waals surface area contributed by atoms with Crippen LogP contribution >= 0.6 is 0 Å². The molecule has 0 saturated heterocycles. The van der Waals surface area contributed by atoms with Crippen molar-refractivity contribution in [1.82, 2.24) is 8.87 Å². The summed E-state index contributed by atoms with van der Waals surface area (Å²) in [5.74, 6) is 2.33. The molecule has 0 spiro atoms. The molecular formula is C12H17N3O2S. The Balaban J connectivity index is 2.36. The highest BCUT2D eigenvalue weighted by Crippen LogP contribution is 2.37. The van der Waals surface area contributed by atoms with Crippen LogP contribution in [0.4, 0.5) is 0 Å². The van der Waals surface area contributed by atoms with Crippen LogP contribution in [0.3, 0.4) is 0 Å². The third-order valence-electron chi connectivity index (χ3n) is 3.08. The van der Waals surface area contributed by atoms with E-state index in [1.807, 2.05) is 4.57 Å². The van der Waals surface area contributed by atoms with Crippen molar-refractivity contribution in [3.05, 3.63) is 18.0 Å². The van der Waals surface area contributed by atoms with Crippen LogP contribution < -0.4 is 5.73 Å². The van der Waals surface area contributed by atoms with E-state index in [4.69, 9.17) is 12.2 Å². The molecule has 1 fully saturated rings. The molecule has 0 radical (unpaired) electrons. The quantitative estimate of drug-likeness (QED) is 0.792. The van der Waals surface area contributed by atoms with Gasteiger partial charge in [-0.15, -0.1) is 6.42 Å². The predicted molar refractivity (Wildman–Crippen MR) is 69.2 cm³/mol. The molecule has 1 aliphatic carbocycles. The maximum absolute atomic E-state index is 12.2. The molecule has 0 bridgehead atoms. The summed E-state index contributed by atoms with van der Waals surface area (Å²) in [4.78, 5) is 0.271. The summed E-state index contributed by atoms with van der Waals surface area (Å²) in [6, 6.07) is 2.05. The van der Waals surface area contributed by atoms with E-state index in [2.05, 4.69) is 5.92 Å². The molecule has 1 saturated carbocycles. The fraction of sp³-hybridized carbons (Fsp3) is 0.500. The number of nitrogens with two attached hydrogens (primary N) is 1. The van der Waals surface area contributed by atoms with E-state index >= 15 is 0 Å². The number of rotatable bonds is 5. The number of hydrogen-bond acceptors (Lipinski definition) is 3. The molecule has 18 heavy (non-hydrogen) atoms. The lowest BCUT2D eigenvalue weighted by molar-refractivity contribution is 0.502. The molecule has 5 nitrogen and oxygen atoms in total. The summed E-state index contributed by atoms with van der Waals surface area (Å²) in [5, 5.41) is 0. The third kappa shape index (κ3) is 2.29. The van der Waals surface area contributed by atoms with Gasteiger partial charge in [-0.25, -0.2) is 8.42 Å². The van der Waals surface area contributed by atoms with E-state index in [1.165, 1.54) is 11.4 Å². The summed E-state index contributed by atoms with van der Waals surface area (Å²) in [6.07, 6.45) is 8.98. The summed E-state index contributed by atoms with van der Waals surface area (Å²) in [5.41, 5.74) is 6.50.